The van der Waals surface area contributed by atoms with Crippen LogP contribution in [0.5, 0.6) is 0 Å². The molecule has 1 fully saturated rings. The molecule has 2 heterocycles. The van der Waals surface area contributed by atoms with Crippen LogP contribution in [-0.2, 0) is 29.0 Å². The normalized spacial score (nSPS) is 15.4. The fraction of sp³-hybridized carbons (Fsp3) is 0.538. The third kappa shape index (κ3) is 2.62. The van der Waals surface area contributed by atoms with Gasteiger partial charge >= 0.3 is 0 Å². The highest BCUT2D eigenvalue weighted by molar-refractivity contribution is 6.02. The zero-order valence-electron chi connectivity index (χ0n) is 11.8. The lowest BCUT2D eigenvalue weighted by atomic mass is 10.0. The van der Waals surface area contributed by atoms with Gasteiger partial charge in [0.05, 0.1) is 18.8 Å². The van der Waals surface area contributed by atoms with E-state index in [4.69, 9.17) is 5.73 Å². The van der Waals surface area contributed by atoms with E-state index in [-0.39, 0.29) is 24.9 Å². The highest BCUT2D eigenvalue weighted by Gasteiger charge is 2.26. The van der Waals surface area contributed by atoms with Crippen molar-refractivity contribution in [2.75, 3.05) is 18.0 Å². The van der Waals surface area contributed by atoms with Crippen molar-refractivity contribution in [1.82, 2.24) is 15.5 Å². The molecule has 1 aliphatic heterocycles. The van der Waals surface area contributed by atoms with Crippen LogP contribution in [0.15, 0.2) is 0 Å². The number of rotatable bonds is 4. The quantitative estimate of drug-likeness (QED) is 0.721. The Morgan fingerprint density at radius 1 is 1.10 bits per heavy atom. The number of carbonyl (C=O) groups is 2. The van der Waals surface area contributed by atoms with Gasteiger partial charge < -0.3 is 10.6 Å². The van der Waals surface area contributed by atoms with Crippen molar-refractivity contribution in [3.05, 3.63) is 16.8 Å². The summed E-state index contributed by atoms with van der Waals surface area (Å²) in [5, 5.41) is 10.7. The first-order chi connectivity index (χ1) is 9.60. The number of amides is 2. The summed E-state index contributed by atoms with van der Waals surface area (Å²) < 4.78 is 0. The maximum absolute atomic E-state index is 11.5. The van der Waals surface area contributed by atoms with Crippen LogP contribution in [-0.4, -0.2) is 35.1 Å². The van der Waals surface area contributed by atoms with Gasteiger partial charge in [0, 0.05) is 12.1 Å². The van der Waals surface area contributed by atoms with Crippen molar-refractivity contribution >= 4 is 17.6 Å². The van der Waals surface area contributed by atoms with Gasteiger partial charge in [0.15, 0.2) is 5.82 Å². The lowest BCUT2D eigenvalue weighted by Gasteiger charge is -2.28. The maximum Gasteiger partial charge on any atom is 0.246 e. The van der Waals surface area contributed by atoms with E-state index in [1.54, 1.807) is 4.90 Å². The number of piperazine rings is 1. The Morgan fingerprint density at radius 2 is 1.75 bits per heavy atom. The SMILES string of the molecule is CCc1nnc(N2CC(=O)NC(=O)C2)c(CN)c1CC. The van der Waals surface area contributed by atoms with Gasteiger partial charge in [-0.1, -0.05) is 13.8 Å². The molecule has 0 atom stereocenters. The van der Waals surface area contributed by atoms with Gasteiger partial charge in [0.2, 0.25) is 11.8 Å². The molecule has 2 amide bonds. The summed E-state index contributed by atoms with van der Waals surface area (Å²) in [6, 6.07) is 0. The molecule has 0 unspecified atom stereocenters. The first-order valence-corrected chi connectivity index (χ1v) is 6.75. The van der Waals surface area contributed by atoms with E-state index in [1.165, 1.54) is 0 Å². The van der Waals surface area contributed by atoms with E-state index in [0.717, 1.165) is 29.7 Å². The van der Waals surface area contributed by atoms with Crippen LogP contribution in [0.4, 0.5) is 5.82 Å². The molecule has 0 radical (unpaired) electrons. The largest absolute Gasteiger partial charge is 0.336 e. The van der Waals surface area contributed by atoms with Crippen molar-refractivity contribution in [1.29, 1.82) is 0 Å². The predicted molar refractivity (Wildman–Crippen MR) is 74.0 cm³/mol. The van der Waals surface area contributed by atoms with Gasteiger partial charge in [0.1, 0.15) is 0 Å². The third-order valence-electron chi connectivity index (χ3n) is 3.39. The number of nitrogens with two attached hydrogens (primary N) is 1. The molecule has 0 aliphatic carbocycles. The van der Waals surface area contributed by atoms with Gasteiger partial charge in [0.25, 0.3) is 0 Å². The summed E-state index contributed by atoms with van der Waals surface area (Å²) in [6.45, 7) is 4.56. The van der Waals surface area contributed by atoms with Crippen LogP contribution in [0.1, 0.15) is 30.7 Å². The van der Waals surface area contributed by atoms with Crippen LogP contribution >= 0.6 is 0 Å². The summed E-state index contributed by atoms with van der Waals surface area (Å²) >= 11 is 0. The zero-order valence-corrected chi connectivity index (χ0v) is 11.8. The Bertz CT molecular complexity index is 528. The van der Waals surface area contributed by atoms with Crippen LogP contribution in [0, 0.1) is 0 Å². The highest BCUT2D eigenvalue weighted by Crippen LogP contribution is 2.24. The smallest absolute Gasteiger partial charge is 0.246 e. The summed E-state index contributed by atoms with van der Waals surface area (Å²) in [7, 11) is 0. The van der Waals surface area contributed by atoms with Crippen LogP contribution in [0.25, 0.3) is 0 Å². The minimum Gasteiger partial charge on any atom is -0.336 e. The number of imide groups is 1. The lowest BCUT2D eigenvalue weighted by molar-refractivity contribution is -0.130. The highest BCUT2D eigenvalue weighted by atomic mass is 16.2. The average Bonchev–Trinajstić information content (AvgIpc) is 2.44. The van der Waals surface area contributed by atoms with Crippen molar-refractivity contribution in [3.63, 3.8) is 0 Å². The van der Waals surface area contributed by atoms with Crippen LogP contribution in [0.3, 0.4) is 0 Å². The average molecular weight is 277 g/mol. The molecular formula is C13H19N5O2. The molecule has 0 spiro atoms. The number of aromatic nitrogens is 2. The maximum atomic E-state index is 11.5. The number of nitrogens with one attached hydrogen (secondary N) is 1. The van der Waals surface area contributed by atoms with Crippen molar-refractivity contribution in [2.24, 2.45) is 5.73 Å². The van der Waals surface area contributed by atoms with Crippen molar-refractivity contribution in [2.45, 2.75) is 33.2 Å². The third-order valence-corrected chi connectivity index (χ3v) is 3.39. The molecule has 7 heteroatoms. The number of hydrogen-bond acceptors (Lipinski definition) is 6. The molecule has 108 valence electrons. The summed E-state index contributed by atoms with van der Waals surface area (Å²) in [6.07, 6.45) is 1.58. The van der Waals surface area contributed by atoms with Crippen LogP contribution in [0.2, 0.25) is 0 Å². The molecule has 1 saturated heterocycles. The molecule has 3 N–H and O–H groups in total. The van der Waals surface area contributed by atoms with E-state index in [0.29, 0.717) is 12.4 Å². The molecule has 20 heavy (non-hydrogen) atoms. The van der Waals surface area contributed by atoms with Gasteiger partial charge in [-0.15, -0.1) is 5.10 Å². The fourth-order valence-electron chi connectivity index (χ4n) is 2.49. The molecule has 0 saturated carbocycles. The first-order valence-electron chi connectivity index (χ1n) is 6.75. The minimum atomic E-state index is -0.330. The topological polar surface area (TPSA) is 101 Å². The molecule has 0 bridgehead atoms. The van der Waals surface area contributed by atoms with Crippen molar-refractivity contribution in [3.8, 4) is 0 Å². The van der Waals surface area contributed by atoms with E-state index in [2.05, 4.69) is 15.5 Å². The number of anilines is 1. The molecule has 0 aromatic carbocycles. The number of hydrogen-bond donors (Lipinski definition) is 2. The molecule has 7 nitrogen and oxygen atoms in total. The van der Waals surface area contributed by atoms with Gasteiger partial charge in [-0.2, -0.15) is 5.10 Å². The molecule has 2 rings (SSSR count). The second-order valence-corrected chi connectivity index (χ2v) is 4.67. The molecular weight excluding hydrogens is 258 g/mol. The Labute approximate surface area is 117 Å². The monoisotopic (exact) mass is 277 g/mol. The molecule has 1 aliphatic rings. The first kappa shape index (κ1) is 14.4. The Morgan fingerprint density at radius 3 is 2.25 bits per heavy atom. The van der Waals surface area contributed by atoms with Gasteiger partial charge in [-0.05, 0) is 18.4 Å². The Kier molecular flexibility index (Phi) is 4.29. The number of nitrogens with zero attached hydrogens (tertiary/aromatic N) is 3. The Balaban J connectivity index is 2.45. The molecule has 1 aromatic heterocycles. The van der Waals surface area contributed by atoms with E-state index in [9.17, 15) is 9.59 Å². The second kappa shape index (κ2) is 5.96. The summed E-state index contributed by atoms with van der Waals surface area (Å²) in [4.78, 5) is 24.6. The standard InChI is InChI=1S/C13H19N5O2/c1-3-8-9(5-14)13(17-16-10(8)4-2)18-6-11(19)15-12(20)7-18/h3-7,14H2,1-2H3,(H,15,19,20). The predicted octanol–water partition coefficient (Wildman–Crippen LogP) is -0.477. The zero-order chi connectivity index (χ0) is 14.7. The summed E-state index contributed by atoms with van der Waals surface area (Å²) in [5.41, 5.74) is 8.71. The molecule has 1 aromatic rings. The van der Waals surface area contributed by atoms with Crippen molar-refractivity contribution < 1.29 is 9.59 Å². The van der Waals surface area contributed by atoms with E-state index >= 15 is 0 Å². The lowest BCUT2D eigenvalue weighted by Crippen LogP contribution is -2.52. The van der Waals surface area contributed by atoms with E-state index in [1.807, 2.05) is 13.8 Å². The fourth-order valence-corrected chi connectivity index (χ4v) is 2.49. The van der Waals surface area contributed by atoms with Gasteiger partial charge in [-0.3, -0.25) is 14.9 Å². The Hall–Kier alpha value is -2.02. The van der Waals surface area contributed by atoms with Crippen LogP contribution < -0.4 is 16.0 Å². The van der Waals surface area contributed by atoms with Gasteiger partial charge in [-0.25, -0.2) is 0 Å². The second-order valence-electron chi connectivity index (χ2n) is 4.67. The minimum absolute atomic E-state index is 0.0993. The van der Waals surface area contributed by atoms with E-state index < -0.39 is 0 Å². The number of carbonyl (C=O) groups excluding carboxylic acids is 2. The number of aryl methyl sites for hydroxylation is 1. The summed E-state index contributed by atoms with van der Waals surface area (Å²) in [5.74, 6) is -0.114.